The van der Waals surface area contributed by atoms with Crippen molar-refractivity contribution in [3.63, 3.8) is 0 Å². The second-order valence-corrected chi connectivity index (χ2v) is 5.99. The molecule has 0 unspecified atom stereocenters. The molecule has 7 heteroatoms. The van der Waals surface area contributed by atoms with Gasteiger partial charge in [-0.25, -0.2) is 4.79 Å². The molecule has 21 heavy (non-hydrogen) atoms. The third kappa shape index (κ3) is 4.61. The van der Waals surface area contributed by atoms with Crippen molar-refractivity contribution in [3.05, 3.63) is 27.7 Å². The molecule has 0 aromatic heterocycles. The molecule has 0 aliphatic carbocycles. The van der Waals surface area contributed by atoms with E-state index in [4.69, 9.17) is 11.6 Å². The molecule has 0 fully saturated rings. The van der Waals surface area contributed by atoms with E-state index >= 15 is 0 Å². The monoisotopic (exact) mass is 376 g/mol. The van der Waals surface area contributed by atoms with Crippen LogP contribution in [-0.2, 0) is 4.79 Å². The Bertz CT molecular complexity index is 533. The fourth-order valence-corrected chi connectivity index (χ4v) is 2.30. The Balaban J connectivity index is 2.65. The number of amides is 2. The average Bonchev–Trinajstić information content (AvgIpc) is 2.44. The van der Waals surface area contributed by atoms with Crippen molar-refractivity contribution >= 4 is 45.2 Å². The van der Waals surface area contributed by atoms with E-state index in [1.807, 2.05) is 0 Å². The summed E-state index contributed by atoms with van der Waals surface area (Å²) >= 11 is 9.20. The maximum Gasteiger partial charge on any atom is 0.319 e. The Morgan fingerprint density at radius 1 is 1.33 bits per heavy atom. The van der Waals surface area contributed by atoms with Gasteiger partial charge >= 0.3 is 12.0 Å². The highest BCUT2D eigenvalue weighted by Gasteiger charge is 2.35. The molecule has 0 aliphatic heterocycles. The summed E-state index contributed by atoms with van der Waals surface area (Å²) < 4.78 is 0.733. The lowest BCUT2D eigenvalue weighted by Gasteiger charge is -2.26. The lowest BCUT2D eigenvalue weighted by molar-refractivity contribution is -0.149. The standard InChI is InChI=1S/C14H18BrClN2O3/c1-3-14(4-2,12(19)20)8-17-13(21)18-9-5-6-10(15)11(16)7-9/h5-7H,3-4,8H2,1-2H3,(H,19,20)(H2,17,18,21). The third-order valence-corrected chi connectivity index (χ3v) is 4.80. The number of hydrogen-bond acceptors (Lipinski definition) is 2. The molecule has 116 valence electrons. The molecule has 0 bridgehead atoms. The molecule has 1 aromatic rings. The van der Waals surface area contributed by atoms with Crippen LogP contribution in [0.3, 0.4) is 0 Å². The van der Waals surface area contributed by atoms with Crippen LogP contribution in [0.4, 0.5) is 10.5 Å². The number of nitrogens with one attached hydrogen (secondary N) is 2. The summed E-state index contributed by atoms with van der Waals surface area (Å²) in [7, 11) is 0. The number of anilines is 1. The molecule has 2 amide bonds. The first-order valence-electron chi connectivity index (χ1n) is 6.58. The predicted molar refractivity (Wildman–Crippen MR) is 86.8 cm³/mol. The smallest absolute Gasteiger partial charge is 0.319 e. The highest BCUT2D eigenvalue weighted by atomic mass is 79.9. The van der Waals surface area contributed by atoms with Crippen LogP contribution in [0.2, 0.25) is 5.02 Å². The zero-order valence-corrected chi connectivity index (χ0v) is 14.2. The molecular weight excluding hydrogens is 360 g/mol. The number of rotatable bonds is 6. The molecule has 1 aromatic carbocycles. The van der Waals surface area contributed by atoms with Crippen LogP contribution in [0.1, 0.15) is 26.7 Å². The van der Waals surface area contributed by atoms with Gasteiger partial charge in [0.25, 0.3) is 0 Å². The molecule has 0 aliphatic rings. The second kappa shape index (κ2) is 7.66. The number of carbonyl (C=O) groups is 2. The minimum absolute atomic E-state index is 0.0748. The Morgan fingerprint density at radius 2 is 1.95 bits per heavy atom. The number of aliphatic carboxylic acids is 1. The number of halogens is 2. The van der Waals surface area contributed by atoms with E-state index < -0.39 is 17.4 Å². The first-order chi connectivity index (χ1) is 9.84. The van der Waals surface area contributed by atoms with E-state index in [2.05, 4.69) is 26.6 Å². The Labute approximate surface area is 137 Å². The van der Waals surface area contributed by atoms with E-state index in [1.165, 1.54) is 0 Å². The van der Waals surface area contributed by atoms with Crippen molar-refractivity contribution in [1.82, 2.24) is 5.32 Å². The molecule has 3 N–H and O–H groups in total. The van der Waals surface area contributed by atoms with E-state index in [0.29, 0.717) is 23.6 Å². The predicted octanol–water partition coefficient (Wildman–Crippen LogP) is 4.12. The van der Waals surface area contributed by atoms with Gasteiger partial charge in [0.05, 0.1) is 10.4 Å². The number of carboxylic acid groups (broad SMARTS) is 1. The summed E-state index contributed by atoms with van der Waals surface area (Å²) in [6, 6.07) is 4.56. The summed E-state index contributed by atoms with van der Waals surface area (Å²) in [4.78, 5) is 23.2. The topological polar surface area (TPSA) is 78.4 Å². The number of hydrogen-bond donors (Lipinski definition) is 3. The first-order valence-corrected chi connectivity index (χ1v) is 7.75. The van der Waals surface area contributed by atoms with Gasteiger partial charge in [0.15, 0.2) is 0 Å². The fraction of sp³-hybridized carbons (Fsp3) is 0.429. The van der Waals surface area contributed by atoms with Gasteiger partial charge in [-0.05, 0) is 47.0 Å². The Kier molecular flexibility index (Phi) is 6.48. The van der Waals surface area contributed by atoms with Gasteiger partial charge in [0.2, 0.25) is 0 Å². The van der Waals surface area contributed by atoms with Gasteiger partial charge in [-0.2, -0.15) is 0 Å². The van der Waals surface area contributed by atoms with Crippen molar-refractivity contribution in [2.24, 2.45) is 5.41 Å². The molecule has 0 radical (unpaired) electrons. The van der Waals surface area contributed by atoms with Gasteiger partial charge < -0.3 is 15.7 Å². The quantitative estimate of drug-likeness (QED) is 0.698. The van der Waals surface area contributed by atoms with Crippen LogP contribution in [0.5, 0.6) is 0 Å². The van der Waals surface area contributed by atoms with Crippen LogP contribution in [0.25, 0.3) is 0 Å². The fourth-order valence-electron chi connectivity index (χ4n) is 1.88. The van der Waals surface area contributed by atoms with Crippen molar-refractivity contribution in [2.75, 3.05) is 11.9 Å². The van der Waals surface area contributed by atoms with Crippen LogP contribution in [0.15, 0.2) is 22.7 Å². The molecule has 0 saturated heterocycles. The van der Waals surface area contributed by atoms with Gasteiger partial charge in [-0.1, -0.05) is 25.4 Å². The summed E-state index contributed by atoms with van der Waals surface area (Å²) in [6.45, 7) is 3.67. The second-order valence-electron chi connectivity index (χ2n) is 4.73. The highest BCUT2D eigenvalue weighted by Crippen LogP contribution is 2.27. The summed E-state index contributed by atoms with van der Waals surface area (Å²) in [5, 5.41) is 15.0. The zero-order valence-electron chi connectivity index (χ0n) is 11.9. The third-order valence-electron chi connectivity index (χ3n) is 3.57. The largest absolute Gasteiger partial charge is 0.481 e. The normalized spacial score (nSPS) is 11.0. The van der Waals surface area contributed by atoms with Crippen molar-refractivity contribution in [3.8, 4) is 0 Å². The molecule has 1 rings (SSSR count). The van der Waals surface area contributed by atoms with Crippen molar-refractivity contribution in [2.45, 2.75) is 26.7 Å². The van der Waals surface area contributed by atoms with Gasteiger partial charge in [-0.15, -0.1) is 0 Å². The Hall–Kier alpha value is -1.27. The van der Waals surface area contributed by atoms with Crippen molar-refractivity contribution < 1.29 is 14.7 Å². The van der Waals surface area contributed by atoms with Crippen LogP contribution in [0, 0.1) is 5.41 Å². The number of carbonyl (C=O) groups excluding carboxylic acids is 1. The maximum atomic E-state index is 11.8. The molecule has 5 nitrogen and oxygen atoms in total. The summed E-state index contributed by atoms with van der Waals surface area (Å²) in [5.74, 6) is -0.903. The van der Waals surface area contributed by atoms with E-state index in [-0.39, 0.29) is 6.54 Å². The maximum absolute atomic E-state index is 11.8. The van der Waals surface area contributed by atoms with E-state index in [9.17, 15) is 14.7 Å². The molecule has 0 spiro atoms. The number of benzene rings is 1. The Morgan fingerprint density at radius 3 is 2.43 bits per heavy atom. The highest BCUT2D eigenvalue weighted by molar-refractivity contribution is 9.10. The SMILES string of the molecule is CCC(CC)(CNC(=O)Nc1ccc(Br)c(Cl)c1)C(=O)O. The minimum Gasteiger partial charge on any atom is -0.481 e. The summed E-state index contributed by atoms with van der Waals surface area (Å²) in [6.07, 6.45) is 0.895. The van der Waals surface area contributed by atoms with Crippen LogP contribution >= 0.6 is 27.5 Å². The van der Waals surface area contributed by atoms with Gasteiger partial charge in [0.1, 0.15) is 0 Å². The van der Waals surface area contributed by atoms with E-state index in [0.717, 1.165) is 4.47 Å². The van der Waals surface area contributed by atoms with Gasteiger partial charge in [0, 0.05) is 16.7 Å². The molecule has 0 heterocycles. The van der Waals surface area contributed by atoms with Crippen molar-refractivity contribution in [1.29, 1.82) is 0 Å². The number of carboxylic acids is 1. The van der Waals surface area contributed by atoms with E-state index in [1.54, 1.807) is 32.0 Å². The minimum atomic E-state index is -0.936. The summed E-state index contributed by atoms with van der Waals surface area (Å²) in [5.41, 5.74) is -0.399. The molecular formula is C14H18BrClN2O3. The average molecular weight is 378 g/mol. The molecule has 0 atom stereocenters. The lowest BCUT2D eigenvalue weighted by atomic mass is 9.82. The first kappa shape index (κ1) is 17.8. The number of urea groups is 1. The zero-order chi connectivity index (χ0) is 16.0. The van der Waals surface area contributed by atoms with Crippen LogP contribution in [-0.4, -0.2) is 23.7 Å². The van der Waals surface area contributed by atoms with Gasteiger partial charge in [-0.3, -0.25) is 4.79 Å². The molecule has 0 saturated carbocycles. The lowest BCUT2D eigenvalue weighted by Crippen LogP contribution is -2.43. The van der Waals surface area contributed by atoms with Crippen LogP contribution < -0.4 is 10.6 Å².